The summed E-state index contributed by atoms with van der Waals surface area (Å²) in [6.45, 7) is 5.45. The van der Waals surface area contributed by atoms with Crippen molar-refractivity contribution in [3.63, 3.8) is 0 Å². The lowest BCUT2D eigenvalue weighted by Crippen LogP contribution is -2.40. The minimum Gasteiger partial charge on any atom is -0.464 e. The highest BCUT2D eigenvalue weighted by molar-refractivity contribution is 6.27. The molecule has 0 spiro atoms. The second-order valence-electron chi connectivity index (χ2n) is 7.17. The Hall–Kier alpha value is -2.38. The first-order valence-corrected chi connectivity index (χ1v) is 9.30. The van der Waals surface area contributed by atoms with Gasteiger partial charge in [0.15, 0.2) is 23.5 Å². The van der Waals surface area contributed by atoms with E-state index in [4.69, 9.17) is 4.74 Å². The van der Waals surface area contributed by atoms with Crippen molar-refractivity contribution in [2.24, 2.45) is 4.99 Å². The second-order valence-corrected chi connectivity index (χ2v) is 7.17. The van der Waals surface area contributed by atoms with Crippen LogP contribution in [-0.4, -0.2) is 55.1 Å². The Labute approximate surface area is 157 Å². The average Bonchev–Trinajstić information content (AvgIpc) is 3.25. The van der Waals surface area contributed by atoms with Crippen LogP contribution in [0.5, 0.6) is 0 Å². The van der Waals surface area contributed by atoms with Crippen molar-refractivity contribution in [1.82, 2.24) is 10.2 Å². The van der Waals surface area contributed by atoms with Gasteiger partial charge in [-0.05, 0) is 50.0 Å². The number of carbonyl (C=O) groups is 2. The highest BCUT2D eigenvalue weighted by atomic mass is 19.1. The smallest absolute Gasteiger partial charge is 0.215 e. The molecular weight excluding hydrogens is 349 g/mol. The zero-order chi connectivity index (χ0) is 19.0. The van der Waals surface area contributed by atoms with Gasteiger partial charge in [-0.25, -0.2) is 9.38 Å². The Morgan fingerprint density at radius 2 is 2.04 bits per heavy atom. The molecule has 7 heteroatoms. The van der Waals surface area contributed by atoms with E-state index < -0.39 is 29.5 Å². The molecule has 1 aromatic carbocycles. The fraction of sp³-hybridized carbons (Fsp3) is 0.450. The van der Waals surface area contributed by atoms with Crippen molar-refractivity contribution >= 4 is 17.8 Å². The number of hydrogen-bond acceptors (Lipinski definition) is 6. The summed E-state index contributed by atoms with van der Waals surface area (Å²) in [4.78, 5) is 31.9. The van der Waals surface area contributed by atoms with Crippen molar-refractivity contribution in [3.8, 4) is 0 Å². The van der Waals surface area contributed by atoms with Gasteiger partial charge in [0.2, 0.25) is 5.78 Å². The number of hydrogen-bond donors (Lipinski definition) is 1. The highest BCUT2D eigenvalue weighted by Gasteiger charge is 2.45. The topological polar surface area (TPSA) is 71.0 Å². The summed E-state index contributed by atoms with van der Waals surface area (Å²) in [5.41, 5.74) is 0.828. The molecule has 2 aliphatic heterocycles. The SMILES string of the molecule is Cc1ccc([C@@H]2C(=O)C3=C(O[C@@H](NCCN4CCCC4)C=N3)C2=O)cc1F. The maximum absolute atomic E-state index is 13.9. The van der Waals surface area contributed by atoms with Crippen LogP contribution < -0.4 is 5.32 Å². The summed E-state index contributed by atoms with van der Waals surface area (Å²) in [5.74, 6) is -2.44. The Bertz CT molecular complexity index is 843. The number of rotatable bonds is 5. The number of ether oxygens (including phenoxy) is 1. The maximum atomic E-state index is 13.9. The Balaban J connectivity index is 1.42. The van der Waals surface area contributed by atoms with Crippen molar-refractivity contribution in [3.05, 3.63) is 46.6 Å². The number of carbonyl (C=O) groups excluding carboxylic acids is 2. The number of halogens is 1. The summed E-state index contributed by atoms with van der Waals surface area (Å²) < 4.78 is 19.6. The van der Waals surface area contributed by atoms with Gasteiger partial charge >= 0.3 is 0 Å². The van der Waals surface area contributed by atoms with E-state index in [9.17, 15) is 14.0 Å². The van der Waals surface area contributed by atoms with E-state index >= 15 is 0 Å². The molecule has 0 amide bonds. The number of nitrogens with zero attached hydrogens (tertiary/aromatic N) is 2. The molecule has 1 aromatic rings. The molecule has 0 bridgehead atoms. The van der Waals surface area contributed by atoms with Crippen molar-refractivity contribution < 1.29 is 18.7 Å². The van der Waals surface area contributed by atoms with Gasteiger partial charge in [0.25, 0.3) is 0 Å². The van der Waals surface area contributed by atoms with Gasteiger partial charge in [0.05, 0.1) is 6.21 Å². The third-order valence-corrected chi connectivity index (χ3v) is 5.28. The van der Waals surface area contributed by atoms with Crippen molar-refractivity contribution in [2.45, 2.75) is 31.9 Å². The third-order valence-electron chi connectivity index (χ3n) is 5.28. The van der Waals surface area contributed by atoms with Gasteiger partial charge in [-0.15, -0.1) is 0 Å². The zero-order valence-electron chi connectivity index (χ0n) is 15.2. The molecular formula is C20H22FN3O3. The van der Waals surface area contributed by atoms with E-state index in [0.29, 0.717) is 17.7 Å². The van der Waals surface area contributed by atoms with Gasteiger partial charge in [0.1, 0.15) is 11.7 Å². The number of aliphatic imine (C=N–C) groups is 1. The minimum absolute atomic E-state index is 0.0212. The van der Waals surface area contributed by atoms with Crippen molar-refractivity contribution in [2.75, 3.05) is 26.2 Å². The number of aryl methyl sites for hydroxylation is 1. The fourth-order valence-corrected chi connectivity index (χ4v) is 3.71. The van der Waals surface area contributed by atoms with Gasteiger partial charge in [0, 0.05) is 13.1 Å². The number of allylic oxidation sites excluding steroid dienone is 2. The van der Waals surface area contributed by atoms with Gasteiger partial charge < -0.3 is 9.64 Å². The van der Waals surface area contributed by atoms with Gasteiger partial charge in [-0.1, -0.05) is 12.1 Å². The molecule has 1 aliphatic carbocycles. The Kier molecular flexibility index (Phi) is 4.88. The van der Waals surface area contributed by atoms with Crippen molar-refractivity contribution in [1.29, 1.82) is 0 Å². The molecule has 6 nitrogen and oxygen atoms in total. The molecule has 2 heterocycles. The van der Waals surface area contributed by atoms with E-state index in [1.165, 1.54) is 25.1 Å². The van der Waals surface area contributed by atoms with Crippen LogP contribution in [-0.2, 0) is 14.3 Å². The molecule has 1 N–H and O–H groups in total. The predicted octanol–water partition coefficient (Wildman–Crippen LogP) is 1.69. The van der Waals surface area contributed by atoms with Gasteiger partial charge in [-0.2, -0.15) is 0 Å². The fourth-order valence-electron chi connectivity index (χ4n) is 3.71. The molecule has 0 aromatic heterocycles. The molecule has 4 rings (SSSR count). The molecule has 0 radical (unpaired) electrons. The number of ketones is 2. The van der Waals surface area contributed by atoms with Gasteiger partial charge in [-0.3, -0.25) is 14.9 Å². The maximum Gasteiger partial charge on any atom is 0.215 e. The molecule has 3 aliphatic rings. The predicted molar refractivity (Wildman–Crippen MR) is 98.0 cm³/mol. The molecule has 2 atom stereocenters. The number of nitrogens with one attached hydrogen (secondary N) is 1. The number of likely N-dealkylation sites (tertiary alicyclic amines) is 1. The van der Waals surface area contributed by atoms with Crippen LogP contribution in [0.3, 0.4) is 0 Å². The lowest BCUT2D eigenvalue weighted by Gasteiger charge is -2.21. The molecule has 0 unspecified atom stereocenters. The van der Waals surface area contributed by atoms with Crippen LogP contribution in [0.15, 0.2) is 34.6 Å². The number of Topliss-reactive ketones (excluding diaryl/α,β-unsaturated/α-hetero) is 2. The molecule has 1 fully saturated rings. The molecule has 142 valence electrons. The largest absolute Gasteiger partial charge is 0.464 e. The minimum atomic E-state index is -1.08. The second kappa shape index (κ2) is 7.32. The first-order valence-electron chi connectivity index (χ1n) is 9.30. The van der Waals surface area contributed by atoms with E-state index in [-0.39, 0.29) is 11.5 Å². The van der Waals surface area contributed by atoms with Crippen LogP contribution in [0.25, 0.3) is 0 Å². The molecule has 1 saturated heterocycles. The third kappa shape index (κ3) is 3.44. The van der Waals surface area contributed by atoms with E-state index in [2.05, 4.69) is 15.2 Å². The highest BCUT2D eigenvalue weighted by Crippen LogP contribution is 2.36. The average molecular weight is 371 g/mol. The molecule has 27 heavy (non-hydrogen) atoms. The van der Waals surface area contributed by atoms with Crippen LogP contribution in [0, 0.1) is 12.7 Å². The monoisotopic (exact) mass is 371 g/mol. The van der Waals surface area contributed by atoms with E-state index in [0.717, 1.165) is 19.6 Å². The lowest BCUT2D eigenvalue weighted by atomic mass is 9.93. The van der Waals surface area contributed by atoms with E-state index in [1.807, 2.05) is 0 Å². The lowest BCUT2D eigenvalue weighted by molar-refractivity contribution is -0.124. The Morgan fingerprint density at radius 1 is 1.26 bits per heavy atom. The zero-order valence-corrected chi connectivity index (χ0v) is 15.2. The normalized spacial score (nSPS) is 25.3. The summed E-state index contributed by atoms with van der Waals surface area (Å²) in [6, 6.07) is 4.41. The first-order chi connectivity index (χ1) is 13.0. The summed E-state index contributed by atoms with van der Waals surface area (Å²) in [7, 11) is 0. The first kappa shape index (κ1) is 18.0. The number of benzene rings is 1. The van der Waals surface area contributed by atoms with Crippen LogP contribution in [0.1, 0.15) is 29.9 Å². The summed E-state index contributed by atoms with van der Waals surface area (Å²) in [6.07, 6.45) is 3.42. The van der Waals surface area contributed by atoms with Crippen LogP contribution >= 0.6 is 0 Å². The van der Waals surface area contributed by atoms with E-state index in [1.54, 1.807) is 19.1 Å². The Morgan fingerprint density at radius 3 is 2.78 bits per heavy atom. The standard InChI is InChI=1S/C20H22FN3O3/c1-12-4-5-13(10-14(12)21)16-18(25)17-20(19(16)26)27-15(11-23-17)22-6-9-24-7-2-3-8-24/h4-5,10-11,15-16,22H,2-3,6-9H2,1H3/t15-,16-/m1/s1. The summed E-state index contributed by atoms with van der Waals surface area (Å²) in [5, 5.41) is 3.20. The van der Waals surface area contributed by atoms with Crippen LogP contribution in [0.4, 0.5) is 4.39 Å². The molecule has 0 saturated carbocycles. The van der Waals surface area contributed by atoms with Crippen LogP contribution in [0.2, 0.25) is 0 Å². The summed E-state index contributed by atoms with van der Waals surface area (Å²) >= 11 is 0. The quantitative estimate of drug-likeness (QED) is 0.798.